The molecule has 0 aliphatic carbocycles. The molecule has 0 amide bonds. The average molecular weight is 561 g/mol. The summed E-state index contributed by atoms with van der Waals surface area (Å²) in [6, 6.07) is 1.90. The molecule has 11 nitrogen and oxygen atoms in total. The van der Waals surface area contributed by atoms with Crippen molar-refractivity contribution < 1.29 is 23.4 Å². The van der Waals surface area contributed by atoms with Crippen molar-refractivity contribution in [2.75, 3.05) is 32.9 Å². The number of piperidine rings is 1. The van der Waals surface area contributed by atoms with Crippen LogP contribution in [0, 0.1) is 17.3 Å². The van der Waals surface area contributed by atoms with Crippen LogP contribution >= 0.6 is 11.6 Å². The SMILES string of the molecule is CC(/N=C\C1CCN(C2COC2)C[C@@H]1F)=C(/N=N)c1cc(OCC(O)c2ncc(F)cn2)c2c(Cl)cnn2c1. The Morgan fingerprint density at radius 1 is 1.36 bits per heavy atom. The first-order valence-electron chi connectivity index (χ1n) is 12.4. The zero-order valence-corrected chi connectivity index (χ0v) is 21.8. The molecule has 0 spiro atoms. The van der Waals surface area contributed by atoms with Crippen LogP contribution in [0.1, 0.15) is 30.8 Å². The third kappa shape index (κ3) is 5.96. The minimum Gasteiger partial charge on any atom is -0.488 e. The van der Waals surface area contributed by atoms with Crippen molar-refractivity contribution in [3.05, 3.63) is 58.8 Å². The van der Waals surface area contributed by atoms with E-state index in [-0.39, 0.29) is 29.8 Å². The van der Waals surface area contributed by atoms with E-state index in [4.69, 9.17) is 26.6 Å². The molecule has 0 aromatic carbocycles. The van der Waals surface area contributed by atoms with Crippen LogP contribution in [-0.2, 0) is 4.74 Å². The first-order valence-corrected chi connectivity index (χ1v) is 12.8. The number of alkyl halides is 1. The second kappa shape index (κ2) is 11.8. The van der Waals surface area contributed by atoms with Crippen LogP contribution in [0.2, 0.25) is 5.02 Å². The van der Waals surface area contributed by atoms with Gasteiger partial charge in [0, 0.05) is 30.4 Å². The predicted molar refractivity (Wildman–Crippen MR) is 138 cm³/mol. The lowest BCUT2D eigenvalue weighted by molar-refractivity contribution is -0.0812. The third-order valence-corrected chi connectivity index (χ3v) is 7.09. The van der Waals surface area contributed by atoms with E-state index in [0.29, 0.717) is 54.0 Å². The Hall–Kier alpha value is -3.39. The zero-order valence-electron chi connectivity index (χ0n) is 21.0. The van der Waals surface area contributed by atoms with E-state index in [1.54, 1.807) is 25.4 Å². The molecule has 5 rings (SSSR count). The normalized spacial score (nSPS) is 22.1. The first kappa shape index (κ1) is 27.2. The van der Waals surface area contributed by atoms with E-state index in [1.165, 1.54) is 10.7 Å². The average Bonchev–Trinajstić information content (AvgIpc) is 3.27. The Labute approximate surface area is 227 Å². The zero-order chi connectivity index (χ0) is 27.5. The number of nitrogens with zero attached hydrogens (tertiary/aromatic N) is 7. The van der Waals surface area contributed by atoms with Gasteiger partial charge < -0.3 is 14.6 Å². The van der Waals surface area contributed by atoms with Crippen LogP contribution in [0.4, 0.5) is 8.78 Å². The summed E-state index contributed by atoms with van der Waals surface area (Å²) in [5.41, 5.74) is 9.32. The largest absolute Gasteiger partial charge is 0.488 e. The molecule has 2 unspecified atom stereocenters. The Bertz CT molecular complexity index is 1400. The maximum Gasteiger partial charge on any atom is 0.160 e. The fourth-order valence-corrected chi connectivity index (χ4v) is 4.75. The monoisotopic (exact) mass is 560 g/mol. The van der Waals surface area contributed by atoms with Crippen LogP contribution in [0.15, 0.2) is 46.7 Å². The van der Waals surface area contributed by atoms with Crippen molar-refractivity contribution in [3.8, 4) is 5.75 Å². The number of likely N-dealkylation sites (tertiary alicyclic amines) is 1. The number of hydrogen-bond acceptors (Lipinski definition) is 10. The van der Waals surface area contributed by atoms with Crippen LogP contribution in [0.3, 0.4) is 0 Å². The number of ether oxygens (including phenoxy) is 2. The molecule has 2 fully saturated rings. The molecular formula is C25H27ClF2N8O3. The van der Waals surface area contributed by atoms with E-state index in [9.17, 15) is 13.9 Å². The minimum atomic E-state index is -1.24. The molecule has 14 heteroatoms. The Morgan fingerprint density at radius 3 is 2.79 bits per heavy atom. The quantitative estimate of drug-likeness (QED) is 0.300. The van der Waals surface area contributed by atoms with E-state index in [2.05, 4.69) is 30.1 Å². The topological polar surface area (TPSA) is 134 Å². The van der Waals surface area contributed by atoms with E-state index >= 15 is 0 Å². The predicted octanol–water partition coefficient (Wildman–Crippen LogP) is 3.88. The molecule has 3 aromatic heterocycles. The number of halogens is 3. The van der Waals surface area contributed by atoms with Gasteiger partial charge in [0.1, 0.15) is 35.8 Å². The highest BCUT2D eigenvalue weighted by atomic mass is 35.5. The van der Waals surface area contributed by atoms with Crippen LogP contribution in [0.25, 0.3) is 11.2 Å². The van der Waals surface area contributed by atoms with Crippen molar-refractivity contribution in [2.24, 2.45) is 16.0 Å². The summed E-state index contributed by atoms with van der Waals surface area (Å²) < 4.78 is 40.5. The van der Waals surface area contributed by atoms with Gasteiger partial charge in [0.2, 0.25) is 0 Å². The van der Waals surface area contributed by atoms with Crippen LogP contribution < -0.4 is 4.74 Å². The molecular weight excluding hydrogens is 534 g/mol. The number of rotatable bonds is 9. The van der Waals surface area contributed by atoms with E-state index in [0.717, 1.165) is 18.9 Å². The molecule has 2 N–H and O–H groups in total. The van der Waals surface area contributed by atoms with Gasteiger partial charge in [-0.05, 0) is 26.0 Å². The third-order valence-electron chi connectivity index (χ3n) is 6.81. The summed E-state index contributed by atoms with van der Waals surface area (Å²) in [5, 5.41) is 18.6. The summed E-state index contributed by atoms with van der Waals surface area (Å²) in [5.74, 6) is -0.718. The number of nitrogens with one attached hydrogen (secondary N) is 1. The lowest BCUT2D eigenvalue weighted by Gasteiger charge is -2.42. The molecule has 0 bridgehead atoms. The Kier molecular flexibility index (Phi) is 8.21. The van der Waals surface area contributed by atoms with Gasteiger partial charge in [0.25, 0.3) is 0 Å². The molecule has 39 heavy (non-hydrogen) atoms. The van der Waals surface area contributed by atoms with E-state index < -0.39 is 18.1 Å². The van der Waals surface area contributed by atoms with Crippen LogP contribution in [-0.4, -0.2) is 80.9 Å². The summed E-state index contributed by atoms with van der Waals surface area (Å²) >= 11 is 6.31. The minimum absolute atomic E-state index is 0.00637. The number of aliphatic imine (C=N–C) groups is 1. The Morgan fingerprint density at radius 2 is 2.13 bits per heavy atom. The van der Waals surface area contributed by atoms with Gasteiger partial charge in [0.05, 0.1) is 48.6 Å². The summed E-state index contributed by atoms with van der Waals surface area (Å²) in [6.45, 7) is 3.85. The summed E-state index contributed by atoms with van der Waals surface area (Å²) in [6.07, 6.45) is 4.90. The number of pyridine rings is 1. The maximum atomic E-state index is 14.9. The molecule has 3 aromatic rings. The fourth-order valence-electron chi connectivity index (χ4n) is 4.53. The smallest absolute Gasteiger partial charge is 0.160 e. The molecule has 3 atom stereocenters. The molecule has 0 saturated carbocycles. The van der Waals surface area contributed by atoms with Crippen molar-refractivity contribution >= 4 is 29.0 Å². The lowest BCUT2D eigenvalue weighted by atomic mass is 9.94. The highest BCUT2D eigenvalue weighted by molar-refractivity contribution is 6.34. The number of fused-ring (bicyclic) bond motifs is 1. The second-order valence-corrected chi connectivity index (χ2v) is 9.85. The molecule has 5 heterocycles. The fraction of sp³-hybridized carbons (Fsp3) is 0.440. The lowest BCUT2D eigenvalue weighted by Crippen LogP contribution is -2.54. The number of aromatic nitrogens is 4. The maximum absolute atomic E-state index is 14.9. The van der Waals surface area contributed by atoms with Crippen molar-refractivity contribution in [1.29, 1.82) is 5.53 Å². The number of hydrogen-bond donors (Lipinski definition) is 2. The summed E-state index contributed by atoms with van der Waals surface area (Å²) in [7, 11) is 0. The molecule has 0 radical (unpaired) electrons. The van der Waals surface area contributed by atoms with Gasteiger partial charge in [-0.1, -0.05) is 11.6 Å². The molecule has 2 saturated heterocycles. The first-order chi connectivity index (χ1) is 18.8. The number of allylic oxidation sites excluding steroid dienone is 1. The van der Waals surface area contributed by atoms with Crippen molar-refractivity contribution in [3.63, 3.8) is 0 Å². The van der Waals surface area contributed by atoms with Gasteiger partial charge in [-0.15, -0.1) is 0 Å². The van der Waals surface area contributed by atoms with Crippen molar-refractivity contribution in [1.82, 2.24) is 24.5 Å². The van der Waals surface area contributed by atoms with Gasteiger partial charge in [-0.2, -0.15) is 10.2 Å². The molecule has 2 aliphatic heterocycles. The standard InChI is InChI=1S/C25H27ClF2N8O3/c1-14(30-5-15-2-3-35(10-20(15)28)18-11-38-12-18)23(34-29)16-4-22(24-19(26)8-33-36(24)9-16)39-13-21(37)25-31-6-17(27)7-32-25/h4-9,15,18,20-21,29,37H,2-3,10-13H2,1H3/b23-14-,30-5-,34-29?/t15?,20-,21?/m0/s1. The molecule has 206 valence electrons. The second-order valence-electron chi connectivity index (χ2n) is 9.44. The number of aliphatic hydroxyl groups excluding tert-OH is 1. The van der Waals surface area contributed by atoms with Gasteiger partial charge in [0.15, 0.2) is 11.6 Å². The van der Waals surface area contributed by atoms with E-state index in [1.807, 2.05) is 0 Å². The highest BCUT2D eigenvalue weighted by Crippen LogP contribution is 2.33. The highest BCUT2D eigenvalue weighted by Gasteiger charge is 2.34. The molecule has 2 aliphatic rings. The Balaban J connectivity index is 1.35. The van der Waals surface area contributed by atoms with Gasteiger partial charge in [-0.3, -0.25) is 9.89 Å². The number of aliphatic hydroxyl groups is 1. The van der Waals surface area contributed by atoms with Gasteiger partial charge >= 0.3 is 0 Å². The van der Waals surface area contributed by atoms with Crippen LogP contribution in [0.5, 0.6) is 5.75 Å². The summed E-state index contributed by atoms with van der Waals surface area (Å²) in [4.78, 5) is 14.1. The van der Waals surface area contributed by atoms with Gasteiger partial charge in [-0.25, -0.2) is 28.8 Å². The van der Waals surface area contributed by atoms with Crippen molar-refractivity contribution in [2.45, 2.75) is 31.7 Å².